The number of hydrogen-bond acceptors (Lipinski definition) is 4. The monoisotopic (exact) mass is 495 g/mol. The molecule has 1 fully saturated rings. The highest BCUT2D eigenvalue weighted by Gasteiger charge is 2.36. The van der Waals surface area contributed by atoms with Crippen molar-refractivity contribution in [3.05, 3.63) is 84.2 Å². The lowest BCUT2D eigenvalue weighted by atomic mass is 10.1. The Hall–Kier alpha value is -4.01. The highest BCUT2D eigenvalue weighted by molar-refractivity contribution is 5.96. The third-order valence-corrected chi connectivity index (χ3v) is 6.30. The van der Waals surface area contributed by atoms with Crippen molar-refractivity contribution in [3.8, 4) is 11.5 Å². The average molecular weight is 496 g/mol. The van der Waals surface area contributed by atoms with Crippen LogP contribution in [0.5, 0.6) is 11.5 Å². The molecule has 0 aliphatic carbocycles. The summed E-state index contributed by atoms with van der Waals surface area (Å²) in [5.74, 6) is 1.46. The van der Waals surface area contributed by atoms with E-state index in [9.17, 15) is 18.0 Å². The third-order valence-electron chi connectivity index (χ3n) is 6.30. The van der Waals surface area contributed by atoms with Gasteiger partial charge in [0, 0.05) is 24.6 Å². The summed E-state index contributed by atoms with van der Waals surface area (Å²) in [6.07, 6.45) is -4.32. The number of hydrogen-bond donors (Lipinski definition) is 0. The Labute approximate surface area is 205 Å². The van der Waals surface area contributed by atoms with Gasteiger partial charge in [0.15, 0.2) is 11.5 Å². The van der Waals surface area contributed by atoms with E-state index in [0.29, 0.717) is 30.5 Å². The smallest absolute Gasteiger partial charge is 0.416 e. The average Bonchev–Trinajstić information content (AvgIpc) is 3.44. The van der Waals surface area contributed by atoms with E-state index in [2.05, 4.69) is 0 Å². The molecule has 0 bridgehead atoms. The Balaban J connectivity index is 1.40. The number of methoxy groups -OCH3 is 1. The Kier molecular flexibility index (Phi) is 6.30. The van der Waals surface area contributed by atoms with Crippen molar-refractivity contribution in [2.45, 2.75) is 25.1 Å². The fraction of sp³-hybridized carbons (Fsp3) is 0.259. The van der Waals surface area contributed by atoms with Gasteiger partial charge in [0.2, 0.25) is 5.91 Å². The second-order valence-corrected chi connectivity index (χ2v) is 8.56. The van der Waals surface area contributed by atoms with Crippen LogP contribution < -0.4 is 14.4 Å². The SMILES string of the molecule is COc1ccccc1OCCn1c([C@H]2CC(=O)N(c3cccc(C(F)(F)F)c3)C2)nc2ccccc21. The van der Waals surface area contributed by atoms with Crippen LogP contribution in [0.15, 0.2) is 72.8 Å². The lowest BCUT2D eigenvalue weighted by Crippen LogP contribution is -2.25. The summed E-state index contributed by atoms with van der Waals surface area (Å²) >= 11 is 0. The number of amides is 1. The zero-order valence-corrected chi connectivity index (χ0v) is 19.5. The maximum atomic E-state index is 13.2. The van der Waals surface area contributed by atoms with Crippen LogP contribution in [0.1, 0.15) is 23.7 Å². The highest BCUT2D eigenvalue weighted by Crippen LogP contribution is 2.36. The maximum Gasteiger partial charge on any atom is 0.416 e. The summed E-state index contributed by atoms with van der Waals surface area (Å²) in [5.41, 5.74) is 1.15. The molecule has 6 nitrogen and oxygen atoms in total. The summed E-state index contributed by atoms with van der Waals surface area (Å²) in [6, 6.07) is 19.9. The minimum Gasteiger partial charge on any atom is -0.493 e. The van der Waals surface area contributed by atoms with E-state index in [1.165, 1.54) is 17.0 Å². The first kappa shape index (κ1) is 23.7. The van der Waals surface area contributed by atoms with Crippen LogP contribution in [0.25, 0.3) is 11.0 Å². The molecule has 0 radical (unpaired) electrons. The minimum absolute atomic E-state index is 0.160. The molecule has 2 heterocycles. The van der Waals surface area contributed by atoms with Gasteiger partial charge >= 0.3 is 6.18 Å². The first-order chi connectivity index (χ1) is 17.3. The molecule has 186 valence electrons. The van der Waals surface area contributed by atoms with Crippen LogP contribution >= 0.6 is 0 Å². The molecule has 9 heteroatoms. The number of ether oxygens (including phenoxy) is 2. The number of fused-ring (bicyclic) bond motifs is 1. The quantitative estimate of drug-likeness (QED) is 0.332. The van der Waals surface area contributed by atoms with Crippen molar-refractivity contribution in [1.29, 1.82) is 0 Å². The first-order valence-electron chi connectivity index (χ1n) is 11.5. The Morgan fingerprint density at radius 2 is 1.75 bits per heavy atom. The number of anilines is 1. The molecule has 1 atom stereocenters. The van der Waals surface area contributed by atoms with Crippen LogP contribution in [0.3, 0.4) is 0 Å². The summed E-state index contributed by atoms with van der Waals surface area (Å²) in [7, 11) is 1.58. The van der Waals surface area contributed by atoms with E-state index in [1.54, 1.807) is 7.11 Å². The van der Waals surface area contributed by atoms with Crippen LogP contribution in [-0.4, -0.2) is 35.7 Å². The lowest BCUT2D eigenvalue weighted by molar-refractivity contribution is -0.137. The number of para-hydroxylation sites is 4. The molecule has 4 aromatic rings. The lowest BCUT2D eigenvalue weighted by Gasteiger charge is -2.19. The summed E-state index contributed by atoms with van der Waals surface area (Å²) in [4.78, 5) is 19.1. The molecule has 1 aromatic heterocycles. The van der Waals surface area contributed by atoms with Crippen molar-refractivity contribution in [2.75, 3.05) is 25.2 Å². The van der Waals surface area contributed by atoms with E-state index in [4.69, 9.17) is 14.5 Å². The van der Waals surface area contributed by atoms with Gasteiger partial charge in [-0.1, -0.05) is 30.3 Å². The molecule has 0 N–H and O–H groups in total. The van der Waals surface area contributed by atoms with E-state index < -0.39 is 11.7 Å². The molecular formula is C27H24F3N3O3. The predicted octanol–water partition coefficient (Wildman–Crippen LogP) is 5.66. The van der Waals surface area contributed by atoms with Crippen molar-refractivity contribution < 1.29 is 27.4 Å². The Morgan fingerprint density at radius 3 is 2.53 bits per heavy atom. The van der Waals surface area contributed by atoms with Crippen LogP contribution in [-0.2, 0) is 17.5 Å². The molecular weight excluding hydrogens is 471 g/mol. The van der Waals surface area contributed by atoms with E-state index in [1.807, 2.05) is 53.1 Å². The standard InChI is InChI=1S/C27H24F3N3O3/c1-35-23-11-4-5-12-24(23)36-14-13-32-22-10-3-2-9-21(22)31-26(32)18-15-25(34)33(17-18)20-8-6-7-19(16-20)27(28,29)30/h2-12,16,18H,13-15,17H2,1H3/t18-/m0/s1. The molecule has 36 heavy (non-hydrogen) atoms. The highest BCUT2D eigenvalue weighted by atomic mass is 19.4. The van der Waals surface area contributed by atoms with Gasteiger partial charge in [0.25, 0.3) is 0 Å². The van der Waals surface area contributed by atoms with Crippen molar-refractivity contribution in [1.82, 2.24) is 9.55 Å². The van der Waals surface area contributed by atoms with Gasteiger partial charge in [0.1, 0.15) is 12.4 Å². The minimum atomic E-state index is -4.48. The molecule has 1 saturated heterocycles. The van der Waals surface area contributed by atoms with Gasteiger partial charge in [-0.2, -0.15) is 13.2 Å². The Morgan fingerprint density at radius 1 is 1.00 bits per heavy atom. The van der Waals surface area contributed by atoms with Gasteiger partial charge < -0.3 is 18.9 Å². The van der Waals surface area contributed by atoms with Crippen LogP contribution in [0.4, 0.5) is 18.9 Å². The molecule has 3 aromatic carbocycles. The molecule has 1 aliphatic heterocycles. The maximum absolute atomic E-state index is 13.2. The van der Waals surface area contributed by atoms with Crippen molar-refractivity contribution in [3.63, 3.8) is 0 Å². The van der Waals surface area contributed by atoms with Gasteiger partial charge in [-0.05, 0) is 42.5 Å². The number of carbonyl (C=O) groups is 1. The normalized spacial score (nSPS) is 16.1. The largest absolute Gasteiger partial charge is 0.493 e. The number of benzene rings is 3. The molecule has 0 spiro atoms. The predicted molar refractivity (Wildman–Crippen MR) is 129 cm³/mol. The number of imidazole rings is 1. The fourth-order valence-corrected chi connectivity index (χ4v) is 4.61. The van der Waals surface area contributed by atoms with Crippen LogP contribution in [0.2, 0.25) is 0 Å². The van der Waals surface area contributed by atoms with Crippen molar-refractivity contribution in [2.24, 2.45) is 0 Å². The van der Waals surface area contributed by atoms with Crippen LogP contribution in [0, 0.1) is 0 Å². The number of aromatic nitrogens is 2. The number of alkyl halides is 3. The first-order valence-corrected chi connectivity index (χ1v) is 11.5. The number of carbonyl (C=O) groups excluding carboxylic acids is 1. The number of halogens is 3. The Bertz CT molecular complexity index is 1400. The fourth-order valence-electron chi connectivity index (χ4n) is 4.61. The number of rotatable bonds is 7. The van der Waals surface area contributed by atoms with Gasteiger partial charge in [-0.25, -0.2) is 4.98 Å². The second kappa shape index (κ2) is 9.56. The molecule has 1 aliphatic rings. The third kappa shape index (κ3) is 4.60. The zero-order chi connectivity index (χ0) is 25.3. The molecule has 0 saturated carbocycles. The summed E-state index contributed by atoms with van der Waals surface area (Å²) in [5, 5.41) is 0. The zero-order valence-electron chi connectivity index (χ0n) is 19.5. The van der Waals surface area contributed by atoms with E-state index in [0.717, 1.165) is 23.2 Å². The molecule has 5 rings (SSSR count). The van der Waals surface area contributed by atoms with Gasteiger partial charge in [0.05, 0.1) is 30.3 Å². The summed E-state index contributed by atoms with van der Waals surface area (Å²) in [6.45, 7) is 1.06. The van der Waals surface area contributed by atoms with E-state index in [-0.39, 0.29) is 30.5 Å². The van der Waals surface area contributed by atoms with Gasteiger partial charge in [-0.15, -0.1) is 0 Å². The number of nitrogens with zero attached hydrogens (tertiary/aromatic N) is 3. The van der Waals surface area contributed by atoms with Gasteiger partial charge in [-0.3, -0.25) is 4.79 Å². The molecule has 0 unspecified atom stereocenters. The second-order valence-electron chi connectivity index (χ2n) is 8.56. The van der Waals surface area contributed by atoms with Crippen molar-refractivity contribution >= 4 is 22.6 Å². The van der Waals surface area contributed by atoms with E-state index >= 15 is 0 Å². The summed E-state index contributed by atoms with van der Waals surface area (Å²) < 4.78 is 53.0. The topological polar surface area (TPSA) is 56.6 Å². The molecule has 1 amide bonds.